The third-order valence-electron chi connectivity index (χ3n) is 3.35. The minimum absolute atomic E-state index is 0.0585. The molecule has 0 bridgehead atoms. The number of aromatic nitrogens is 2. The van der Waals surface area contributed by atoms with E-state index in [1.807, 2.05) is 26.2 Å². The molecular formula is C15H20N2O. The summed E-state index contributed by atoms with van der Waals surface area (Å²) in [7, 11) is 0. The molecule has 0 saturated carbocycles. The van der Waals surface area contributed by atoms with Crippen LogP contribution in [0.3, 0.4) is 0 Å². The first-order valence-electron chi connectivity index (χ1n) is 6.32. The second-order valence-electron chi connectivity index (χ2n) is 5.13. The molecule has 2 rings (SSSR count). The fraction of sp³-hybridized carbons (Fsp3) is 0.400. The zero-order chi connectivity index (χ0) is 13.3. The van der Waals surface area contributed by atoms with Crippen molar-refractivity contribution in [2.45, 2.75) is 40.3 Å². The molecule has 0 amide bonds. The van der Waals surface area contributed by atoms with Gasteiger partial charge in [0.25, 0.3) is 0 Å². The number of benzene rings is 1. The van der Waals surface area contributed by atoms with Gasteiger partial charge in [0.1, 0.15) is 0 Å². The van der Waals surface area contributed by atoms with Crippen LogP contribution in [0.4, 0.5) is 0 Å². The molecule has 3 heteroatoms. The van der Waals surface area contributed by atoms with Crippen LogP contribution in [0.25, 0.3) is 0 Å². The maximum atomic E-state index is 12.1. The van der Waals surface area contributed by atoms with E-state index in [9.17, 15) is 4.79 Å². The number of hydrogen-bond donors (Lipinski definition) is 0. The van der Waals surface area contributed by atoms with Crippen LogP contribution in [0.5, 0.6) is 0 Å². The third-order valence-corrected chi connectivity index (χ3v) is 3.35. The summed E-state index contributed by atoms with van der Waals surface area (Å²) >= 11 is 0. The summed E-state index contributed by atoms with van der Waals surface area (Å²) in [5.74, 6) is 0. The van der Waals surface area contributed by atoms with E-state index in [4.69, 9.17) is 0 Å². The number of aryl methyl sites for hydroxylation is 2. The van der Waals surface area contributed by atoms with E-state index in [0.717, 1.165) is 0 Å². The normalized spacial score (nSPS) is 11.2. The summed E-state index contributed by atoms with van der Waals surface area (Å²) in [6.45, 7) is 8.87. The Bertz CT molecular complexity index is 605. The zero-order valence-electron chi connectivity index (χ0n) is 11.5. The molecule has 2 aromatic rings. The fourth-order valence-electron chi connectivity index (χ4n) is 2.04. The highest BCUT2D eigenvalue weighted by atomic mass is 16.1. The molecule has 3 nitrogen and oxygen atoms in total. The van der Waals surface area contributed by atoms with Crippen LogP contribution in [0.15, 0.2) is 35.4 Å². The number of hydrogen-bond acceptors (Lipinski definition) is 1. The van der Waals surface area contributed by atoms with Gasteiger partial charge in [-0.2, -0.15) is 0 Å². The Hall–Kier alpha value is -1.77. The van der Waals surface area contributed by atoms with Crippen LogP contribution in [0, 0.1) is 13.8 Å². The van der Waals surface area contributed by atoms with Crippen molar-refractivity contribution in [2.24, 2.45) is 0 Å². The lowest BCUT2D eigenvalue weighted by Crippen LogP contribution is -2.25. The predicted octanol–water partition coefficient (Wildman–Crippen LogP) is 2.90. The molecule has 0 unspecified atom stereocenters. The van der Waals surface area contributed by atoms with Crippen molar-refractivity contribution in [1.82, 2.24) is 9.13 Å². The van der Waals surface area contributed by atoms with Gasteiger partial charge in [0, 0.05) is 18.4 Å². The molecule has 0 saturated heterocycles. The Kier molecular flexibility index (Phi) is 3.41. The van der Waals surface area contributed by atoms with Crippen LogP contribution in [0.1, 0.15) is 36.6 Å². The minimum Gasteiger partial charge on any atom is -0.297 e. The van der Waals surface area contributed by atoms with Gasteiger partial charge in [-0.1, -0.05) is 18.2 Å². The first-order chi connectivity index (χ1) is 8.49. The molecule has 1 aromatic heterocycles. The lowest BCUT2D eigenvalue weighted by Gasteiger charge is -2.07. The van der Waals surface area contributed by atoms with E-state index < -0.39 is 0 Å². The van der Waals surface area contributed by atoms with Crippen molar-refractivity contribution in [3.05, 3.63) is 57.8 Å². The highest BCUT2D eigenvalue weighted by Crippen LogP contribution is 2.10. The molecule has 18 heavy (non-hydrogen) atoms. The minimum atomic E-state index is 0.0585. The third kappa shape index (κ3) is 2.40. The van der Waals surface area contributed by atoms with E-state index in [2.05, 4.69) is 32.0 Å². The van der Waals surface area contributed by atoms with E-state index in [1.165, 1.54) is 16.7 Å². The standard InChI is InChI=1S/C15H20N2O/c1-11(2)17-8-7-16(15(17)18)10-14-6-5-12(3)13(4)9-14/h5-9,11H,10H2,1-4H3. The van der Waals surface area contributed by atoms with Crippen molar-refractivity contribution >= 4 is 0 Å². The van der Waals surface area contributed by atoms with Gasteiger partial charge in [0.05, 0.1) is 6.54 Å². The largest absolute Gasteiger partial charge is 0.328 e. The molecule has 0 fully saturated rings. The van der Waals surface area contributed by atoms with Crippen LogP contribution in [-0.4, -0.2) is 9.13 Å². The lowest BCUT2D eigenvalue weighted by molar-refractivity contribution is 0.561. The van der Waals surface area contributed by atoms with Gasteiger partial charge >= 0.3 is 5.69 Å². The molecule has 1 aromatic carbocycles. The average molecular weight is 244 g/mol. The molecule has 0 radical (unpaired) electrons. The van der Waals surface area contributed by atoms with Crippen LogP contribution in [0.2, 0.25) is 0 Å². The van der Waals surface area contributed by atoms with E-state index in [0.29, 0.717) is 6.54 Å². The van der Waals surface area contributed by atoms with Gasteiger partial charge < -0.3 is 0 Å². The Morgan fingerprint density at radius 3 is 2.39 bits per heavy atom. The molecule has 96 valence electrons. The maximum absolute atomic E-state index is 12.1. The van der Waals surface area contributed by atoms with E-state index >= 15 is 0 Å². The summed E-state index contributed by atoms with van der Waals surface area (Å²) in [5, 5.41) is 0. The lowest BCUT2D eigenvalue weighted by atomic mass is 10.1. The molecule has 1 heterocycles. The smallest absolute Gasteiger partial charge is 0.297 e. The van der Waals surface area contributed by atoms with Crippen molar-refractivity contribution in [1.29, 1.82) is 0 Å². The van der Waals surface area contributed by atoms with E-state index in [1.54, 1.807) is 9.13 Å². The van der Waals surface area contributed by atoms with Crippen molar-refractivity contribution < 1.29 is 0 Å². The summed E-state index contributed by atoms with van der Waals surface area (Å²) in [4.78, 5) is 12.1. The Morgan fingerprint density at radius 1 is 1.11 bits per heavy atom. The molecular weight excluding hydrogens is 224 g/mol. The highest BCUT2D eigenvalue weighted by Gasteiger charge is 2.06. The Balaban J connectivity index is 2.29. The molecule has 0 spiro atoms. The van der Waals surface area contributed by atoms with Crippen molar-refractivity contribution in [3.8, 4) is 0 Å². The molecule has 0 N–H and O–H groups in total. The fourth-order valence-corrected chi connectivity index (χ4v) is 2.04. The number of nitrogens with zero attached hydrogens (tertiary/aromatic N) is 2. The average Bonchev–Trinajstić information content (AvgIpc) is 2.66. The SMILES string of the molecule is Cc1ccc(Cn2ccn(C(C)C)c2=O)cc1C. The first-order valence-corrected chi connectivity index (χ1v) is 6.32. The molecule has 0 aliphatic rings. The summed E-state index contributed by atoms with van der Waals surface area (Å²) < 4.78 is 3.51. The molecule has 0 atom stereocenters. The van der Waals surface area contributed by atoms with Gasteiger partial charge in [0.2, 0.25) is 0 Å². The van der Waals surface area contributed by atoms with Gasteiger partial charge in [-0.05, 0) is 44.4 Å². The van der Waals surface area contributed by atoms with E-state index in [-0.39, 0.29) is 11.7 Å². The quantitative estimate of drug-likeness (QED) is 0.815. The van der Waals surface area contributed by atoms with Crippen molar-refractivity contribution in [3.63, 3.8) is 0 Å². The van der Waals surface area contributed by atoms with Gasteiger partial charge in [0.15, 0.2) is 0 Å². The monoisotopic (exact) mass is 244 g/mol. The van der Waals surface area contributed by atoms with Crippen LogP contribution < -0.4 is 5.69 Å². The van der Waals surface area contributed by atoms with Gasteiger partial charge in [-0.15, -0.1) is 0 Å². The molecule has 0 aliphatic heterocycles. The zero-order valence-corrected chi connectivity index (χ0v) is 11.5. The number of rotatable bonds is 3. The summed E-state index contributed by atoms with van der Waals surface area (Å²) in [6.07, 6.45) is 3.71. The number of imidazole rings is 1. The van der Waals surface area contributed by atoms with Crippen LogP contribution in [-0.2, 0) is 6.54 Å². The van der Waals surface area contributed by atoms with Crippen LogP contribution >= 0.6 is 0 Å². The maximum Gasteiger partial charge on any atom is 0.328 e. The van der Waals surface area contributed by atoms with Crippen molar-refractivity contribution in [2.75, 3.05) is 0 Å². The Morgan fingerprint density at radius 2 is 1.83 bits per heavy atom. The topological polar surface area (TPSA) is 26.9 Å². The summed E-state index contributed by atoms with van der Waals surface area (Å²) in [5.41, 5.74) is 3.78. The van der Waals surface area contributed by atoms with Gasteiger partial charge in [-0.25, -0.2) is 4.79 Å². The summed E-state index contributed by atoms with van der Waals surface area (Å²) in [6, 6.07) is 6.55. The first kappa shape index (κ1) is 12.7. The second kappa shape index (κ2) is 4.84. The highest BCUT2D eigenvalue weighted by molar-refractivity contribution is 5.30. The molecule has 0 aliphatic carbocycles. The van der Waals surface area contributed by atoms with Gasteiger partial charge in [-0.3, -0.25) is 9.13 Å². The predicted molar refractivity (Wildman–Crippen MR) is 74.1 cm³/mol. The second-order valence-corrected chi connectivity index (χ2v) is 5.13. The Labute approximate surface area is 108 Å².